The van der Waals surface area contributed by atoms with E-state index in [1.54, 1.807) is 6.08 Å². The lowest BCUT2D eigenvalue weighted by molar-refractivity contribution is -0.117. The SMILES string of the molecule is CC(NC(=O)/C=C\c1ccccc1)c1nc2ccccc2n1Cc1ccc(Br)cc1. The van der Waals surface area contributed by atoms with Gasteiger partial charge in [-0.2, -0.15) is 0 Å². The summed E-state index contributed by atoms with van der Waals surface area (Å²) in [7, 11) is 0. The molecule has 0 bridgehead atoms. The fourth-order valence-corrected chi connectivity index (χ4v) is 3.69. The van der Waals surface area contributed by atoms with Crippen LogP contribution in [0.4, 0.5) is 0 Å². The number of rotatable bonds is 6. The molecule has 0 aliphatic rings. The number of carbonyl (C=O) groups excluding carboxylic acids is 1. The summed E-state index contributed by atoms with van der Waals surface area (Å²) in [5.41, 5.74) is 4.13. The molecule has 4 rings (SSSR count). The van der Waals surface area contributed by atoms with Crippen LogP contribution in [-0.2, 0) is 11.3 Å². The van der Waals surface area contributed by atoms with E-state index >= 15 is 0 Å². The lowest BCUT2D eigenvalue weighted by Crippen LogP contribution is -2.27. The first-order valence-corrected chi connectivity index (χ1v) is 10.6. The van der Waals surface area contributed by atoms with Crippen LogP contribution in [0, 0.1) is 0 Å². The third-order valence-electron chi connectivity index (χ3n) is 4.91. The molecule has 4 nitrogen and oxygen atoms in total. The lowest BCUT2D eigenvalue weighted by atomic mass is 10.2. The number of nitrogens with zero attached hydrogens (tertiary/aromatic N) is 2. The number of hydrogen-bond donors (Lipinski definition) is 1. The topological polar surface area (TPSA) is 46.9 Å². The first-order valence-electron chi connectivity index (χ1n) is 9.83. The zero-order valence-electron chi connectivity index (χ0n) is 16.6. The molecule has 1 N–H and O–H groups in total. The van der Waals surface area contributed by atoms with E-state index < -0.39 is 0 Å². The van der Waals surface area contributed by atoms with Gasteiger partial charge in [-0.3, -0.25) is 4.79 Å². The van der Waals surface area contributed by atoms with Crippen molar-refractivity contribution in [1.82, 2.24) is 14.9 Å². The largest absolute Gasteiger partial charge is 0.343 e. The van der Waals surface area contributed by atoms with Gasteiger partial charge in [0.2, 0.25) is 5.91 Å². The van der Waals surface area contributed by atoms with Crippen molar-refractivity contribution in [2.75, 3.05) is 0 Å². The maximum absolute atomic E-state index is 12.5. The Morgan fingerprint density at radius 1 is 1.03 bits per heavy atom. The smallest absolute Gasteiger partial charge is 0.244 e. The Bertz CT molecular complexity index is 1180. The molecule has 0 saturated heterocycles. The minimum Gasteiger partial charge on any atom is -0.343 e. The normalized spacial score (nSPS) is 12.3. The quantitative estimate of drug-likeness (QED) is 0.373. The molecule has 0 spiro atoms. The number of imidazole rings is 1. The highest BCUT2D eigenvalue weighted by Crippen LogP contribution is 2.23. The molecule has 0 radical (unpaired) electrons. The fourth-order valence-electron chi connectivity index (χ4n) is 3.43. The Balaban J connectivity index is 1.58. The molecule has 4 aromatic rings. The molecule has 1 aromatic heterocycles. The highest BCUT2D eigenvalue weighted by molar-refractivity contribution is 9.10. The molecular formula is C25H22BrN3O. The molecule has 1 amide bonds. The number of nitrogens with one attached hydrogen (secondary N) is 1. The number of para-hydroxylation sites is 2. The summed E-state index contributed by atoms with van der Waals surface area (Å²) in [4.78, 5) is 17.3. The zero-order valence-corrected chi connectivity index (χ0v) is 18.2. The van der Waals surface area contributed by atoms with Crippen molar-refractivity contribution in [3.05, 3.63) is 106 Å². The van der Waals surface area contributed by atoms with Crippen LogP contribution in [0.15, 0.2) is 89.4 Å². The van der Waals surface area contributed by atoms with Crippen molar-refractivity contribution in [1.29, 1.82) is 0 Å². The monoisotopic (exact) mass is 459 g/mol. The standard InChI is InChI=1S/C25H22BrN3O/c1-18(27-24(30)16-13-19-7-3-2-4-8-19)25-28-22-9-5-6-10-23(22)29(25)17-20-11-14-21(26)15-12-20/h2-16,18H,17H2,1H3,(H,27,30)/b16-13-. The summed E-state index contributed by atoms with van der Waals surface area (Å²) in [5.74, 6) is 0.689. The number of fused-ring (bicyclic) bond motifs is 1. The van der Waals surface area contributed by atoms with Gasteiger partial charge in [0.15, 0.2) is 0 Å². The second-order valence-electron chi connectivity index (χ2n) is 7.15. The van der Waals surface area contributed by atoms with Crippen LogP contribution in [0.3, 0.4) is 0 Å². The highest BCUT2D eigenvalue weighted by Gasteiger charge is 2.18. The third kappa shape index (κ3) is 4.69. The minimum atomic E-state index is -0.235. The molecule has 1 atom stereocenters. The Morgan fingerprint density at radius 2 is 1.73 bits per heavy atom. The first-order chi connectivity index (χ1) is 14.6. The summed E-state index contributed by atoms with van der Waals surface area (Å²) >= 11 is 3.49. The summed E-state index contributed by atoms with van der Waals surface area (Å²) in [6.45, 7) is 2.65. The molecule has 1 heterocycles. The van der Waals surface area contributed by atoms with Crippen molar-refractivity contribution in [3.8, 4) is 0 Å². The van der Waals surface area contributed by atoms with Gasteiger partial charge in [0.25, 0.3) is 0 Å². The molecule has 1 unspecified atom stereocenters. The van der Waals surface area contributed by atoms with Gasteiger partial charge >= 0.3 is 0 Å². The number of amides is 1. The molecule has 0 saturated carbocycles. The fraction of sp³-hybridized carbons (Fsp3) is 0.120. The van der Waals surface area contributed by atoms with Gasteiger partial charge in [0, 0.05) is 17.1 Å². The van der Waals surface area contributed by atoms with Crippen LogP contribution in [0.5, 0.6) is 0 Å². The van der Waals surface area contributed by atoms with Crippen molar-refractivity contribution >= 4 is 38.9 Å². The van der Waals surface area contributed by atoms with Gasteiger partial charge in [0.1, 0.15) is 5.82 Å². The van der Waals surface area contributed by atoms with E-state index in [2.05, 4.69) is 44.0 Å². The van der Waals surface area contributed by atoms with Gasteiger partial charge in [-0.1, -0.05) is 70.5 Å². The molecule has 0 aliphatic carbocycles. The predicted molar refractivity (Wildman–Crippen MR) is 125 cm³/mol. The van der Waals surface area contributed by atoms with Gasteiger partial charge in [-0.15, -0.1) is 0 Å². The van der Waals surface area contributed by atoms with E-state index in [4.69, 9.17) is 4.98 Å². The highest BCUT2D eigenvalue weighted by atomic mass is 79.9. The summed E-state index contributed by atoms with van der Waals surface area (Å²) < 4.78 is 3.22. The number of hydrogen-bond acceptors (Lipinski definition) is 2. The molecule has 150 valence electrons. The minimum absolute atomic E-state index is 0.145. The van der Waals surface area contributed by atoms with E-state index in [0.717, 1.165) is 26.9 Å². The number of aromatic nitrogens is 2. The Hall–Kier alpha value is -3.18. The van der Waals surface area contributed by atoms with E-state index in [1.807, 2.05) is 73.7 Å². The average Bonchev–Trinajstić information content (AvgIpc) is 3.13. The molecule has 0 fully saturated rings. The number of benzene rings is 3. The van der Waals surface area contributed by atoms with E-state index in [0.29, 0.717) is 6.54 Å². The van der Waals surface area contributed by atoms with Crippen LogP contribution in [0.25, 0.3) is 17.1 Å². The van der Waals surface area contributed by atoms with Gasteiger partial charge in [-0.05, 0) is 48.4 Å². The Morgan fingerprint density at radius 3 is 2.50 bits per heavy atom. The molecular weight excluding hydrogens is 438 g/mol. The van der Waals surface area contributed by atoms with Crippen LogP contribution in [-0.4, -0.2) is 15.5 Å². The number of halogens is 1. The first kappa shape index (κ1) is 20.1. The second kappa shape index (κ2) is 9.09. The molecule has 30 heavy (non-hydrogen) atoms. The third-order valence-corrected chi connectivity index (χ3v) is 5.44. The Kier molecular flexibility index (Phi) is 6.10. The molecule has 5 heteroatoms. The van der Waals surface area contributed by atoms with Gasteiger partial charge in [-0.25, -0.2) is 4.98 Å². The summed E-state index contributed by atoms with van der Waals surface area (Å²) in [6.07, 6.45) is 3.38. The summed E-state index contributed by atoms with van der Waals surface area (Å²) in [6, 6.07) is 25.9. The molecule has 0 aliphatic heterocycles. The average molecular weight is 460 g/mol. The van der Waals surface area contributed by atoms with Crippen LogP contribution in [0.2, 0.25) is 0 Å². The van der Waals surface area contributed by atoms with Gasteiger partial charge in [0.05, 0.1) is 17.1 Å². The van der Waals surface area contributed by atoms with Gasteiger partial charge < -0.3 is 9.88 Å². The second-order valence-corrected chi connectivity index (χ2v) is 8.06. The van der Waals surface area contributed by atoms with E-state index in [-0.39, 0.29) is 11.9 Å². The van der Waals surface area contributed by atoms with E-state index in [9.17, 15) is 4.79 Å². The van der Waals surface area contributed by atoms with Crippen LogP contribution < -0.4 is 5.32 Å². The predicted octanol–water partition coefficient (Wildman–Crippen LogP) is 5.74. The number of carbonyl (C=O) groups is 1. The maximum atomic E-state index is 12.5. The van der Waals surface area contributed by atoms with E-state index in [1.165, 1.54) is 5.56 Å². The zero-order chi connectivity index (χ0) is 20.9. The summed E-state index contributed by atoms with van der Waals surface area (Å²) in [5, 5.41) is 3.05. The maximum Gasteiger partial charge on any atom is 0.244 e. The van der Waals surface area contributed by atoms with Crippen molar-refractivity contribution in [2.45, 2.75) is 19.5 Å². The Labute approximate surface area is 184 Å². The van der Waals surface area contributed by atoms with Crippen LogP contribution >= 0.6 is 15.9 Å². The lowest BCUT2D eigenvalue weighted by Gasteiger charge is -2.16. The van der Waals surface area contributed by atoms with Crippen molar-refractivity contribution < 1.29 is 4.79 Å². The van der Waals surface area contributed by atoms with Crippen molar-refractivity contribution in [2.24, 2.45) is 0 Å². The molecule has 3 aromatic carbocycles. The van der Waals surface area contributed by atoms with Crippen LogP contribution in [0.1, 0.15) is 29.9 Å². The van der Waals surface area contributed by atoms with Crippen molar-refractivity contribution in [3.63, 3.8) is 0 Å².